The number of hydrogen-bond acceptors (Lipinski definition) is 5. The number of benzene rings is 2. The number of piperidine rings is 1. The third-order valence-electron chi connectivity index (χ3n) is 7.06. The number of amides is 1. The zero-order chi connectivity index (χ0) is 29.1. The Labute approximate surface area is 227 Å². The molecule has 2 aromatic carbocycles. The van der Waals surface area contributed by atoms with Crippen molar-refractivity contribution in [1.82, 2.24) is 14.9 Å². The van der Waals surface area contributed by atoms with Crippen LogP contribution in [0.2, 0.25) is 0 Å². The van der Waals surface area contributed by atoms with Gasteiger partial charge in [-0.05, 0) is 92.7 Å². The molecule has 0 aliphatic carbocycles. The SMILES string of the molecule is CN1CCC(c2ccc(Nc3ncc(C(F)(F)F)c(CCc4cc(C(F)(F)F)ccc4CC(N)=O)n3)cc2)CC1. The number of nitrogens with one attached hydrogen (secondary N) is 1. The van der Waals surface area contributed by atoms with E-state index in [2.05, 4.69) is 27.2 Å². The van der Waals surface area contributed by atoms with Crippen LogP contribution in [0.25, 0.3) is 0 Å². The van der Waals surface area contributed by atoms with Crippen LogP contribution >= 0.6 is 0 Å². The Morgan fingerprint density at radius 3 is 2.25 bits per heavy atom. The fraction of sp³-hybridized carbons (Fsp3) is 0.393. The molecule has 1 amide bonds. The molecule has 2 heterocycles. The summed E-state index contributed by atoms with van der Waals surface area (Å²) in [5, 5.41) is 2.92. The van der Waals surface area contributed by atoms with Gasteiger partial charge in [-0.3, -0.25) is 4.79 Å². The summed E-state index contributed by atoms with van der Waals surface area (Å²) in [6, 6.07) is 10.3. The van der Waals surface area contributed by atoms with Crippen LogP contribution in [0.4, 0.5) is 38.0 Å². The number of nitrogens with zero attached hydrogens (tertiary/aromatic N) is 3. The second kappa shape index (κ2) is 11.8. The van der Waals surface area contributed by atoms with E-state index in [9.17, 15) is 31.1 Å². The molecule has 12 heteroatoms. The van der Waals surface area contributed by atoms with E-state index in [0.29, 0.717) is 17.8 Å². The van der Waals surface area contributed by atoms with Gasteiger partial charge in [-0.25, -0.2) is 9.97 Å². The number of anilines is 2. The minimum Gasteiger partial charge on any atom is -0.369 e. The van der Waals surface area contributed by atoms with Crippen molar-refractivity contribution in [3.05, 3.63) is 82.2 Å². The van der Waals surface area contributed by atoms with Crippen molar-refractivity contribution in [2.24, 2.45) is 5.73 Å². The van der Waals surface area contributed by atoms with E-state index in [1.165, 1.54) is 5.56 Å². The van der Waals surface area contributed by atoms with Crippen molar-refractivity contribution in [2.75, 3.05) is 25.5 Å². The van der Waals surface area contributed by atoms with Gasteiger partial charge in [0.15, 0.2) is 0 Å². The van der Waals surface area contributed by atoms with E-state index in [1.54, 1.807) is 0 Å². The number of hydrogen-bond donors (Lipinski definition) is 2. The maximum atomic E-state index is 13.7. The van der Waals surface area contributed by atoms with Crippen LogP contribution in [-0.4, -0.2) is 40.9 Å². The van der Waals surface area contributed by atoms with Crippen molar-refractivity contribution < 1.29 is 31.1 Å². The van der Waals surface area contributed by atoms with Gasteiger partial charge in [0, 0.05) is 11.9 Å². The van der Waals surface area contributed by atoms with Gasteiger partial charge in [-0.1, -0.05) is 18.2 Å². The zero-order valence-corrected chi connectivity index (χ0v) is 21.7. The van der Waals surface area contributed by atoms with Crippen molar-refractivity contribution in [3.63, 3.8) is 0 Å². The highest BCUT2D eigenvalue weighted by molar-refractivity contribution is 5.77. The number of primary amides is 1. The highest BCUT2D eigenvalue weighted by atomic mass is 19.4. The van der Waals surface area contributed by atoms with Gasteiger partial charge in [0.25, 0.3) is 0 Å². The Morgan fingerprint density at radius 2 is 1.65 bits per heavy atom. The molecule has 1 aromatic heterocycles. The van der Waals surface area contributed by atoms with E-state index >= 15 is 0 Å². The summed E-state index contributed by atoms with van der Waals surface area (Å²) >= 11 is 0. The van der Waals surface area contributed by atoms with Gasteiger partial charge < -0.3 is 16.0 Å². The molecular weight excluding hydrogens is 536 g/mol. The zero-order valence-electron chi connectivity index (χ0n) is 21.7. The van der Waals surface area contributed by atoms with Crippen LogP contribution in [0.5, 0.6) is 0 Å². The van der Waals surface area contributed by atoms with E-state index in [1.807, 2.05) is 24.3 Å². The van der Waals surface area contributed by atoms with Crippen LogP contribution in [0.15, 0.2) is 48.7 Å². The van der Waals surface area contributed by atoms with Crippen LogP contribution in [0, 0.1) is 0 Å². The van der Waals surface area contributed by atoms with Crippen LogP contribution in [-0.2, 0) is 36.4 Å². The Bertz CT molecular complexity index is 1330. The molecule has 3 N–H and O–H groups in total. The number of aromatic nitrogens is 2. The summed E-state index contributed by atoms with van der Waals surface area (Å²) in [4.78, 5) is 21.6. The number of carbonyl (C=O) groups is 1. The van der Waals surface area contributed by atoms with Crippen molar-refractivity contribution in [1.29, 1.82) is 0 Å². The molecule has 0 radical (unpaired) electrons. The summed E-state index contributed by atoms with van der Waals surface area (Å²) in [5.41, 5.74) is 4.83. The largest absolute Gasteiger partial charge is 0.419 e. The van der Waals surface area contributed by atoms with Gasteiger partial charge in [0.1, 0.15) is 0 Å². The summed E-state index contributed by atoms with van der Waals surface area (Å²) in [7, 11) is 2.08. The predicted molar refractivity (Wildman–Crippen MR) is 138 cm³/mol. The Kier molecular flexibility index (Phi) is 8.67. The molecular formula is C28H29F6N5O. The summed E-state index contributed by atoms with van der Waals surface area (Å²) in [6.45, 7) is 2.02. The Hall–Kier alpha value is -3.67. The highest BCUT2D eigenvalue weighted by Gasteiger charge is 2.35. The fourth-order valence-electron chi connectivity index (χ4n) is 4.86. The average Bonchev–Trinajstić information content (AvgIpc) is 2.87. The van der Waals surface area contributed by atoms with Crippen LogP contribution < -0.4 is 11.1 Å². The molecule has 6 nitrogen and oxygen atoms in total. The first-order valence-corrected chi connectivity index (χ1v) is 12.8. The van der Waals surface area contributed by atoms with E-state index in [0.717, 1.165) is 44.1 Å². The molecule has 1 fully saturated rings. The molecule has 1 aliphatic heterocycles. The van der Waals surface area contributed by atoms with Gasteiger partial charge in [-0.15, -0.1) is 0 Å². The molecule has 1 saturated heterocycles. The first-order chi connectivity index (χ1) is 18.8. The standard InChI is InChI=1S/C28H29F6N5O/c1-39-12-10-18(11-13-39)17-3-7-22(8-4-17)37-26-36-16-23(28(32,33)34)24(38-26)9-5-19-14-21(27(29,30)31)6-2-20(19)15-25(35)40/h2-4,6-8,14,16,18H,5,9-13,15H2,1H3,(H2,35,40)(H,36,37,38). The Balaban J connectivity index is 1.56. The molecule has 4 rings (SSSR count). The summed E-state index contributed by atoms with van der Waals surface area (Å²) in [6.07, 6.45) is -7.59. The number of carbonyl (C=O) groups excluding carboxylic acids is 1. The van der Waals surface area contributed by atoms with Crippen LogP contribution in [0.3, 0.4) is 0 Å². The van der Waals surface area contributed by atoms with E-state index in [4.69, 9.17) is 5.73 Å². The molecule has 0 atom stereocenters. The number of rotatable bonds is 8. The molecule has 0 spiro atoms. The smallest absolute Gasteiger partial charge is 0.369 e. The topological polar surface area (TPSA) is 84.1 Å². The number of halogens is 6. The van der Waals surface area contributed by atoms with Gasteiger partial charge >= 0.3 is 12.4 Å². The summed E-state index contributed by atoms with van der Waals surface area (Å²) < 4.78 is 81.1. The van der Waals surface area contributed by atoms with Crippen molar-refractivity contribution in [3.8, 4) is 0 Å². The predicted octanol–water partition coefficient (Wildman–Crippen LogP) is 5.88. The van der Waals surface area contributed by atoms with Crippen molar-refractivity contribution in [2.45, 2.75) is 50.4 Å². The second-order valence-electron chi connectivity index (χ2n) is 10.0. The number of aryl methyl sites for hydroxylation is 2. The lowest BCUT2D eigenvalue weighted by atomic mass is 9.89. The van der Waals surface area contributed by atoms with Gasteiger partial charge in [0.2, 0.25) is 11.9 Å². The lowest BCUT2D eigenvalue weighted by Crippen LogP contribution is -2.29. The average molecular weight is 566 g/mol. The summed E-state index contributed by atoms with van der Waals surface area (Å²) in [5.74, 6) is -0.404. The van der Waals surface area contributed by atoms with Crippen molar-refractivity contribution >= 4 is 17.5 Å². The molecule has 0 bridgehead atoms. The lowest BCUT2D eigenvalue weighted by molar-refractivity contribution is -0.139. The first kappa shape index (κ1) is 29.3. The Morgan fingerprint density at radius 1 is 0.975 bits per heavy atom. The highest BCUT2D eigenvalue weighted by Crippen LogP contribution is 2.34. The third-order valence-corrected chi connectivity index (χ3v) is 7.06. The number of nitrogens with two attached hydrogens (primary N) is 1. The molecule has 3 aromatic rings. The maximum Gasteiger partial charge on any atom is 0.419 e. The number of likely N-dealkylation sites (tertiary alicyclic amines) is 1. The minimum absolute atomic E-state index is 0.0689. The third kappa shape index (κ3) is 7.50. The monoisotopic (exact) mass is 565 g/mol. The molecule has 0 saturated carbocycles. The second-order valence-corrected chi connectivity index (χ2v) is 10.0. The van der Waals surface area contributed by atoms with Gasteiger partial charge in [0.05, 0.1) is 23.2 Å². The minimum atomic E-state index is -4.77. The first-order valence-electron chi connectivity index (χ1n) is 12.8. The normalized spacial score (nSPS) is 15.3. The van der Waals surface area contributed by atoms with E-state index < -0.39 is 29.4 Å². The molecule has 40 heavy (non-hydrogen) atoms. The quantitative estimate of drug-likeness (QED) is 0.334. The lowest BCUT2D eigenvalue weighted by Gasteiger charge is -2.29. The molecule has 1 aliphatic rings. The fourth-order valence-corrected chi connectivity index (χ4v) is 4.86. The molecule has 0 unspecified atom stereocenters. The molecule has 214 valence electrons. The number of alkyl halides is 6. The van der Waals surface area contributed by atoms with E-state index in [-0.39, 0.29) is 42.0 Å². The maximum absolute atomic E-state index is 13.7. The van der Waals surface area contributed by atoms with Gasteiger partial charge in [-0.2, -0.15) is 26.3 Å². The van der Waals surface area contributed by atoms with Crippen LogP contribution in [0.1, 0.15) is 52.3 Å².